The van der Waals surface area contributed by atoms with Crippen molar-refractivity contribution in [1.82, 2.24) is 0 Å². The molecule has 1 rings (SSSR count). The van der Waals surface area contributed by atoms with E-state index in [9.17, 15) is 0 Å². The van der Waals surface area contributed by atoms with Crippen molar-refractivity contribution in [2.24, 2.45) is 0 Å². The van der Waals surface area contributed by atoms with E-state index in [1.807, 2.05) is 6.07 Å². The van der Waals surface area contributed by atoms with Gasteiger partial charge in [-0.1, -0.05) is 26.6 Å². The number of rotatable bonds is 3. The first-order valence-electron chi connectivity index (χ1n) is 4.73. The standard InChI is InChI=1S/C10H19NSSi/c1-8(13(2,3)4)7-10-9(11)5-6-12-10/h5-6,8H,7,11H2,1-4H3. The third kappa shape index (κ3) is 2.85. The summed E-state index contributed by atoms with van der Waals surface area (Å²) in [5.74, 6) is 0. The molecule has 1 heterocycles. The Morgan fingerprint density at radius 2 is 2.08 bits per heavy atom. The molecule has 0 aliphatic carbocycles. The van der Waals surface area contributed by atoms with Gasteiger partial charge in [-0.2, -0.15) is 0 Å². The van der Waals surface area contributed by atoms with Gasteiger partial charge in [0.25, 0.3) is 0 Å². The van der Waals surface area contributed by atoms with Gasteiger partial charge < -0.3 is 5.73 Å². The highest BCUT2D eigenvalue weighted by atomic mass is 32.1. The molecule has 0 fully saturated rings. The predicted octanol–water partition coefficient (Wildman–Crippen LogP) is 3.60. The lowest BCUT2D eigenvalue weighted by Crippen LogP contribution is -2.27. The van der Waals surface area contributed by atoms with Crippen molar-refractivity contribution in [3.63, 3.8) is 0 Å². The van der Waals surface area contributed by atoms with Gasteiger partial charge in [0.1, 0.15) is 0 Å². The Labute approximate surface area is 86.0 Å². The van der Waals surface area contributed by atoms with Crippen molar-refractivity contribution in [1.29, 1.82) is 0 Å². The van der Waals surface area contributed by atoms with E-state index in [1.54, 1.807) is 11.3 Å². The number of nitrogen functional groups attached to an aromatic ring is 1. The van der Waals surface area contributed by atoms with Crippen LogP contribution in [0.1, 0.15) is 11.8 Å². The van der Waals surface area contributed by atoms with Gasteiger partial charge >= 0.3 is 0 Å². The molecule has 1 aromatic heterocycles. The van der Waals surface area contributed by atoms with Crippen LogP contribution in [0.4, 0.5) is 5.69 Å². The summed E-state index contributed by atoms with van der Waals surface area (Å²) < 4.78 is 0. The van der Waals surface area contributed by atoms with Crippen molar-refractivity contribution in [2.75, 3.05) is 5.73 Å². The summed E-state index contributed by atoms with van der Waals surface area (Å²) in [6.45, 7) is 9.61. The van der Waals surface area contributed by atoms with Gasteiger partial charge in [0.15, 0.2) is 0 Å². The Morgan fingerprint density at radius 1 is 1.46 bits per heavy atom. The van der Waals surface area contributed by atoms with Crippen LogP contribution in [0.15, 0.2) is 11.4 Å². The Hall–Kier alpha value is -0.283. The Balaban J connectivity index is 2.65. The Morgan fingerprint density at radius 3 is 2.46 bits per heavy atom. The Kier molecular flexibility index (Phi) is 3.19. The number of hydrogen-bond acceptors (Lipinski definition) is 2. The van der Waals surface area contributed by atoms with E-state index in [-0.39, 0.29) is 0 Å². The van der Waals surface area contributed by atoms with Crippen LogP contribution >= 0.6 is 11.3 Å². The summed E-state index contributed by atoms with van der Waals surface area (Å²) >= 11 is 1.79. The lowest BCUT2D eigenvalue weighted by Gasteiger charge is -2.24. The fourth-order valence-corrected chi connectivity index (χ4v) is 2.99. The minimum Gasteiger partial charge on any atom is -0.398 e. The molecular formula is C10H19NSSi. The Bertz CT molecular complexity index is 275. The summed E-state index contributed by atoms with van der Waals surface area (Å²) in [6, 6.07) is 2.01. The quantitative estimate of drug-likeness (QED) is 0.763. The lowest BCUT2D eigenvalue weighted by atomic mass is 10.2. The molecule has 13 heavy (non-hydrogen) atoms. The number of nitrogens with two attached hydrogens (primary N) is 1. The van der Waals surface area contributed by atoms with E-state index in [0.717, 1.165) is 11.2 Å². The van der Waals surface area contributed by atoms with Crippen molar-refractivity contribution >= 4 is 25.1 Å². The molecule has 0 saturated heterocycles. The summed E-state index contributed by atoms with van der Waals surface area (Å²) in [5, 5.41) is 2.08. The maximum atomic E-state index is 5.86. The molecule has 0 bridgehead atoms. The largest absolute Gasteiger partial charge is 0.398 e. The van der Waals surface area contributed by atoms with E-state index in [1.165, 1.54) is 11.3 Å². The van der Waals surface area contributed by atoms with Gasteiger partial charge in [-0.05, 0) is 23.4 Å². The zero-order valence-electron chi connectivity index (χ0n) is 8.92. The molecule has 0 radical (unpaired) electrons. The van der Waals surface area contributed by atoms with Gasteiger partial charge in [0, 0.05) is 18.6 Å². The van der Waals surface area contributed by atoms with E-state index in [2.05, 4.69) is 31.9 Å². The lowest BCUT2D eigenvalue weighted by molar-refractivity contribution is 0.891. The highest BCUT2D eigenvalue weighted by Crippen LogP contribution is 2.30. The molecule has 0 aliphatic rings. The third-order valence-electron chi connectivity index (χ3n) is 2.75. The molecule has 1 nitrogen and oxygen atoms in total. The average Bonchev–Trinajstić information content (AvgIpc) is 2.34. The molecule has 1 aromatic rings. The van der Waals surface area contributed by atoms with Crippen LogP contribution in [0.3, 0.4) is 0 Å². The molecule has 74 valence electrons. The molecule has 0 aromatic carbocycles. The van der Waals surface area contributed by atoms with Crippen molar-refractivity contribution in [3.05, 3.63) is 16.3 Å². The molecular weight excluding hydrogens is 194 g/mol. The molecule has 0 aliphatic heterocycles. The predicted molar refractivity (Wildman–Crippen MR) is 65.2 cm³/mol. The van der Waals surface area contributed by atoms with Gasteiger partial charge in [-0.15, -0.1) is 11.3 Å². The normalized spacial score (nSPS) is 14.5. The van der Waals surface area contributed by atoms with E-state index < -0.39 is 8.07 Å². The second-order valence-corrected chi connectivity index (χ2v) is 11.5. The molecule has 3 heteroatoms. The summed E-state index contributed by atoms with van der Waals surface area (Å²) in [7, 11) is -0.989. The van der Waals surface area contributed by atoms with E-state index >= 15 is 0 Å². The molecule has 0 amide bonds. The van der Waals surface area contributed by atoms with Crippen molar-refractivity contribution in [3.8, 4) is 0 Å². The van der Waals surface area contributed by atoms with Gasteiger partial charge in [-0.3, -0.25) is 0 Å². The molecule has 2 N–H and O–H groups in total. The maximum absolute atomic E-state index is 5.86. The molecule has 0 spiro atoms. The summed E-state index contributed by atoms with van der Waals surface area (Å²) in [4.78, 5) is 1.37. The van der Waals surface area contributed by atoms with Crippen molar-refractivity contribution in [2.45, 2.75) is 38.5 Å². The topological polar surface area (TPSA) is 26.0 Å². The fourth-order valence-electron chi connectivity index (χ4n) is 1.10. The first-order chi connectivity index (χ1) is 5.91. The number of hydrogen-bond donors (Lipinski definition) is 1. The van der Waals surface area contributed by atoms with Gasteiger partial charge in [0.05, 0.1) is 0 Å². The second kappa shape index (κ2) is 3.84. The first-order valence-corrected chi connectivity index (χ1v) is 9.19. The molecule has 0 saturated carbocycles. The van der Waals surface area contributed by atoms with Crippen molar-refractivity contribution < 1.29 is 0 Å². The zero-order valence-corrected chi connectivity index (χ0v) is 10.7. The van der Waals surface area contributed by atoms with E-state index in [0.29, 0.717) is 0 Å². The number of thiophene rings is 1. The summed E-state index contributed by atoms with van der Waals surface area (Å²) in [6.07, 6.45) is 1.17. The molecule has 1 atom stereocenters. The SMILES string of the molecule is CC(Cc1sccc1N)[Si](C)(C)C. The molecule has 1 unspecified atom stereocenters. The van der Waals surface area contributed by atoms with Crippen LogP contribution in [0.5, 0.6) is 0 Å². The fraction of sp³-hybridized carbons (Fsp3) is 0.600. The third-order valence-corrected chi connectivity index (χ3v) is 6.87. The second-order valence-electron chi connectivity index (χ2n) is 4.77. The zero-order chi connectivity index (χ0) is 10.1. The van der Waals surface area contributed by atoms with Crippen LogP contribution in [-0.2, 0) is 6.42 Å². The van der Waals surface area contributed by atoms with Crippen LogP contribution < -0.4 is 5.73 Å². The minimum absolute atomic E-state index is 0.813. The average molecular weight is 213 g/mol. The van der Waals surface area contributed by atoms with Gasteiger partial charge in [-0.25, -0.2) is 0 Å². The van der Waals surface area contributed by atoms with Crippen LogP contribution in [0.25, 0.3) is 0 Å². The van der Waals surface area contributed by atoms with Crippen LogP contribution in [-0.4, -0.2) is 8.07 Å². The van der Waals surface area contributed by atoms with Gasteiger partial charge in [0.2, 0.25) is 0 Å². The van der Waals surface area contributed by atoms with E-state index in [4.69, 9.17) is 5.73 Å². The monoisotopic (exact) mass is 213 g/mol. The minimum atomic E-state index is -0.989. The maximum Gasteiger partial charge on any atom is 0.0474 e. The van der Waals surface area contributed by atoms with Crippen LogP contribution in [0, 0.1) is 0 Å². The van der Waals surface area contributed by atoms with Crippen LogP contribution in [0.2, 0.25) is 25.2 Å². The number of anilines is 1. The smallest absolute Gasteiger partial charge is 0.0474 e. The first kappa shape index (κ1) is 10.8. The summed E-state index contributed by atoms with van der Waals surface area (Å²) in [5.41, 5.74) is 7.65. The highest BCUT2D eigenvalue weighted by molar-refractivity contribution is 7.10. The highest BCUT2D eigenvalue weighted by Gasteiger charge is 2.23.